The minimum atomic E-state index is -0.0366. The first-order valence-corrected chi connectivity index (χ1v) is 11.1. The molecule has 1 aromatic carbocycles. The molecule has 3 rings (SSSR count). The minimum Gasteiger partial charge on any atom is -0.342 e. The molecule has 6 nitrogen and oxygen atoms in total. The molecule has 0 aliphatic carbocycles. The van der Waals surface area contributed by atoms with Crippen LogP contribution in [0.2, 0.25) is 0 Å². The summed E-state index contributed by atoms with van der Waals surface area (Å²) in [6, 6.07) is 6.25. The number of hydrogen-bond acceptors (Lipinski definition) is 3. The maximum Gasteiger partial charge on any atom is 0.321 e. The second-order valence-electron chi connectivity index (χ2n) is 8.90. The number of carbonyl (C=O) groups excluding carboxylic acids is 2. The van der Waals surface area contributed by atoms with E-state index in [-0.39, 0.29) is 11.9 Å². The van der Waals surface area contributed by atoms with Gasteiger partial charge in [-0.25, -0.2) is 4.79 Å². The highest BCUT2D eigenvalue weighted by Crippen LogP contribution is 2.32. The first-order chi connectivity index (χ1) is 13.9. The third-order valence-corrected chi connectivity index (χ3v) is 6.08. The van der Waals surface area contributed by atoms with E-state index in [2.05, 4.69) is 56.1 Å². The molecule has 0 bridgehead atoms. The van der Waals surface area contributed by atoms with Gasteiger partial charge in [0.1, 0.15) is 0 Å². The number of nitrogens with one attached hydrogen (secondary N) is 1. The van der Waals surface area contributed by atoms with Crippen LogP contribution in [0.4, 0.5) is 10.5 Å². The lowest BCUT2D eigenvalue weighted by molar-refractivity contribution is -0.131. The summed E-state index contributed by atoms with van der Waals surface area (Å²) in [4.78, 5) is 31.4. The highest BCUT2D eigenvalue weighted by Gasteiger charge is 2.26. The monoisotopic (exact) mass is 400 g/mol. The zero-order valence-electron chi connectivity index (χ0n) is 18.4. The van der Waals surface area contributed by atoms with Gasteiger partial charge in [0.2, 0.25) is 5.91 Å². The number of likely N-dealkylation sites (tertiary alicyclic amines) is 1. The van der Waals surface area contributed by atoms with Gasteiger partial charge in [-0.1, -0.05) is 45.9 Å². The Balaban J connectivity index is 1.58. The lowest BCUT2D eigenvalue weighted by Crippen LogP contribution is -2.52. The van der Waals surface area contributed by atoms with Crippen LogP contribution in [0, 0.1) is 0 Å². The fourth-order valence-corrected chi connectivity index (χ4v) is 4.25. The third kappa shape index (κ3) is 5.30. The van der Waals surface area contributed by atoms with Crippen molar-refractivity contribution in [2.24, 2.45) is 0 Å². The Morgan fingerprint density at radius 1 is 0.862 bits per heavy atom. The molecular weight excluding hydrogens is 364 g/mol. The van der Waals surface area contributed by atoms with Gasteiger partial charge in [-0.2, -0.15) is 0 Å². The molecule has 160 valence electrons. The van der Waals surface area contributed by atoms with Gasteiger partial charge >= 0.3 is 6.03 Å². The molecule has 2 aliphatic rings. The summed E-state index contributed by atoms with van der Waals surface area (Å²) in [5.41, 5.74) is 3.33. The molecule has 0 aromatic heterocycles. The molecule has 1 N–H and O–H groups in total. The molecule has 6 heteroatoms. The van der Waals surface area contributed by atoms with Crippen molar-refractivity contribution < 1.29 is 9.59 Å². The zero-order chi connectivity index (χ0) is 21.0. The first kappa shape index (κ1) is 21.6. The van der Waals surface area contributed by atoms with E-state index in [4.69, 9.17) is 0 Å². The average molecular weight is 401 g/mol. The van der Waals surface area contributed by atoms with Gasteiger partial charge in [-0.15, -0.1) is 0 Å². The standard InChI is InChI=1S/C23H36N4O2/c1-17(2)19-8-7-9-20(18(3)4)22(19)24-23(29)27-14-12-25(13-15-27)16-21(28)26-10-5-6-11-26/h7-9,17-18H,5-6,10-16H2,1-4H3,(H,24,29). The summed E-state index contributed by atoms with van der Waals surface area (Å²) in [5.74, 6) is 0.919. The zero-order valence-corrected chi connectivity index (χ0v) is 18.4. The topological polar surface area (TPSA) is 55.9 Å². The fourth-order valence-electron chi connectivity index (χ4n) is 4.25. The second-order valence-corrected chi connectivity index (χ2v) is 8.90. The highest BCUT2D eigenvalue weighted by atomic mass is 16.2. The van der Waals surface area contributed by atoms with E-state index < -0.39 is 0 Å². The van der Waals surface area contributed by atoms with Gasteiger partial charge in [0, 0.05) is 45.0 Å². The first-order valence-electron chi connectivity index (χ1n) is 11.1. The predicted molar refractivity (Wildman–Crippen MR) is 117 cm³/mol. The molecule has 1 aromatic rings. The van der Waals surface area contributed by atoms with Crippen LogP contribution >= 0.6 is 0 Å². The van der Waals surface area contributed by atoms with Crippen LogP contribution in [0.15, 0.2) is 18.2 Å². The maximum absolute atomic E-state index is 13.0. The molecule has 0 spiro atoms. The van der Waals surface area contributed by atoms with E-state index in [9.17, 15) is 9.59 Å². The van der Waals surface area contributed by atoms with Crippen LogP contribution in [0.3, 0.4) is 0 Å². The maximum atomic E-state index is 13.0. The molecule has 2 saturated heterocycles. The number of urea groups is 1. The third-order valence-electron chi connectivity index (χ3n) is 6.08. The molecular formula is C23H36N4O2. The Morgan fingerprint density at radius 2 is 1.41 bits per heavy atom. The average Bonchev–Trinajstić information content (AvgIpc) is 3.23. The Morgan fingerprint density at radius 3 is 1.93 bits per heavy atom. The molecule has 0 radical (unpaired) electrons. The summed E-state index contributed by atoms with van der Waals surface area (Å²) >= 11 is 0. The van der Waals surface area contributed by atoms with Crippen molar-refractivity contribution in [2.75, 3.05) is 51.1 Å². The van der Waals surface area contributed by atoms with Crippen LogP contribution in [0.25, 0.3) is 0 Å². The van der Waals surface area contributed by atoms with Crippen molar-refractivity contribution in [1.29, 1.82) is 0 Å². The molecule has 29 heavy (non-hydrogen) atoms. The van der Waals surface area contributed by atoms with Crippen molar-refractivity contribution in [1.82, 2.24) is 14.7 Å². The summed E-state index contributed by atoms with van der Waals surface area (Å²) < 4.78 is 0. The van der Waals surface area contributed by atoms with Crippen molar-refractivity contribution in [3.05, 3.63) is 29.3 Å². The smallest absolute Gasteiger partial charge is 0.321 e. The SMILES string of the molecule is CC(C)c1cccc(C(C)C)c1NC(=O)N1CCN(CC(=O)N2CCCC2)CC1. The molecule has 2 fully saturated rings. The number of anilines is 1. The number of para-hydroxylation sites is 1. The number of amides is 3. The predicted octanol–water partition coefficient (Wildman–Crippen LogP) is 3.71. The van der Waals surface area contributed by atoms with Gasteiger partial charge in [0.15, 0.2) is 0 Å². The fraction of sp³-hybridized carbons (Fsp3) is 0.652. The largest absolute Gasteiger partial charge is 0.342 e. The van der Waals surface area contributed by atoms with Gasteiger partial charge in [0.05, 0.1) is 6.54 Å². The summed E-state index contributed by atoms with van der Waals surface area (Å²) in [6.45, 7) is 13.7. The summed E-state index contributed by atoms with van der Waals surface area (Å²) in [6.07, 6.45) is 2.24. The lowest BCUT2D eigenvalue weighted by Gasteiger charge is -2.35. The van der Waals surface area contributed by atoms with Crippen molar-refractivity contribution in [3.8, 4) is 0 Å². The Hall–Kier alpha value is -2.08. The summed E-state index contributed by atoms with van der Waals surface area (Å²) in [7, 11) is 0. The highest BCUT2D eigenvalue weighted by molar-refractivity contribution is 5.91. The number of benzene rings is 1. The van der Waals surface area contributed by atoms with Crippen LogP contribution in [0.5, 0.6) is 0 Å². The molecule has 0 saturated carbocycles. The molecule has 2 aliphatic heterocycles. The summed E-state index contributed by atoms with van der Waals surface area (Å²) in [5, 5.41) is 3.21. The van der Waals surface area contributed by atoms with E-state index in [1.54, 1.807) is 0 Å². The van der Waals surface area contributed by atoms with Crippen LogP contribution in [-0.2, 0) is 4.79 Å². The number of piperazine rings is 1. The van der Waals surface area contributed by atoms with Gasteiger partial charge in [-0.05, 0) is 35.8 Å². The van der Waals surface area contributed by atoms with Crippen molar-refractivity contribution in [2.45, 2.75) is 52.4 Å². The van der Waals surface area contributed by atoms with Crippen LogP contribution in [-0.4, -0.2) is 72.5 Å². The van der Waals surface area contributed by atoms with Crippen molar-refractivity contribution in [3.63, 3.8) is 0 Å². The number of rotatable bonds is 5. The number of carbonyl (C=O) groups is 2. The number of hydrogen-bond donors (Lipinski definition) is 1. The lowest BCUT2D eigenvalue weighted by atomic mass is 9.93. The van der Waals surface area contributed by atoms with E-state index in [0.717, 1.165) is 44.7 Å². The molecule has 2 heterocycles. The molecule has 3 amide bonds. The normalized spacial score (nSPS) is 18.0. The Labute approximate surface area is 175 Å². The molecule has 0 unspecified atom stereocenters. The van der Waals surface area contributed by atoms with Gasteiger partial charge in [0.25, 0.3) is 0 Å². The minimum absolute atomic E-state index is 0.0366. The van der Waals surface area contributed by atoms with E-state index in [1.807, 2.05) is 9.80 Å². The van der Waals surface area contributed by atoms with Crippen LogP contribution < -0.4 is 5.32 Å². The molecule has 0 atom stereocenters. The Kier molecular flexibility index (Phi) is 7.17. The quantitative estimate of drug-likeness (QED) is 0.820. The van der Waals surface area contributed by atoms with Crippen molar-refractivity contribution >= 4 is 17.6 Å². The Bertz CT molecular complexity index is 691. The van der Waals surface area contributed by atoms with E-state index in [1.165, 1.54) is 11.1 Å². The number of nitrogens with zero attached hydrogens (tertiary/aromatic N) is 3. The van der Waals surface area contributed by atoms with Crippen LogP contribution in [0.1, 0.15) is 63.5 Å². The second kappa shape index (κ2) is 9.61. The van der Waals surface area contributed by atoms with Gasteiger partial charge in [-0.3, -0.25) is 9.69 Å². The van der Waals surface area contributed by atoms with E-state index in [0.29, 0.717) is 31.5 Å². The van der Waals surface area contributed by atoms with E-state index >= 15 is 0 Å². The van der Waals surface area contributed by atoms with Gasteiger partial charge < -0.3 is 15.1 Å².